The number of carbonyl (C=O) groups is 4. The van der Waals surface area contributed by atoms with Crippen molar-refractivity contribution in [1.29, 1.82) is 0 Å². The van der Waals surface area contributed by atoms with Crippen molar-refractivity contribution in [2.45, 2.75) is 63.8 Å². The lowest BCUT2D eigenvalue weighted by Crippen LogP contribution is -2.56. The number of halogens is 1. The maximum atomic E-state index is 13.0. The van der Waals surface area contributed by atoms with Crippen LogP contribution >= 0.6 is 34.3 Å². The van der Waals surface area contributed by atoms with Crippen LogP contribution < -0.4 is 10.6 Å². The van der Waals surface area contributed by atoms with Crippen LogP contribution in [0.4, 0.5) is 9.59 Å². The van der Waals surface area contributed by atoms with Gasteiger partial charge in [0, 0.05) is 50.0 Å². The molecule has 4 aliphatic heterocycles. The Hall–Kier alpha value is -3.57. The van der Waals surface area contributed by atoms with Crippen molar-refractivity contribution in [1.82, 2.24) is 30.2 Å². The van der Waals surface area contributed by atoms with Crippen LogP contribution in [0.25, 0.3) is 0 Å². The highest BCUT2D eigenvalue weighted by Gasteiger charge is 2.57. The number of rotatable bonds is 2. The first-order valence-electron chi connectivity index (χ1n) is 16.6. The zero-order valence-corrected chi connectivity index (χ0v) is 33.1. The Kier molecular flexibility index (Phi) is 10.7. The van der Waals surface area contributed by atoms with Gasteiger partial charge in [0.2, 0.25) is 23.7 Å². The number of guanidine groups is 2. The summed E-state index contributed by atoms with van der Waals surface area (Å²) in [5.74, 6) is -0.278. The van der Waals surface area contributed by atoms with Crippen LogP contribution in [0, 0.1) is 11.8 Å². The van der Waals surface area contributed by atoms with Gasteiger partial charge in [-0.25, -0.2) is 19.6 Å². The van der Waals surface area contributed by atoms with Crippen molar-refractivity contribution in [3.05, 3.63) is 43.7 Å². The summed E-state index contributed by atoms with van der Waals surface area (Å²) in [4.78, 5) is 69.0. The van der Waals surface area contributed by atoms with Gasteiger partial charge in [-0.15, -0.1) is 22.7 Å². The molecular formula is C34H47ClN8O6S2. The van der Waals surface area contributed by atoms with Crippen LogP contribution in [0.15, 0.2) is 39.6 Å². The Balaban J connectivity index is 0.000000198. The van der Waals surface area contributed by atoms with Gasteiger partial charge in [0.15, 0.2) is 0 Å². The zero-order valence-electron chi connectivity index (χ0n) is 30.7. The van der Waals surface area contributed by atoms with Gasteiger partial charge in [-0.3, -0.25) is 30.0 Å². The Morgan fingerprint density at radius 2 is 1.24 bits per heavy atom. The number of thiophene rings is 2. The lowest BCUT2D eigenvalue weighted by molar-refractivity contribution is -0.133. The molecule has 2 aromatic rings. The van der Waals surface area contributed by atoms with Crippen molar-refractivity contribution >= 4 is 70.2 Å². The maximum Gasteiger partial charge on any atom is 0.414 e. The molecule has 2 aromatic heterocycles. The molecule has 278 valence electrons. The summed E-state index contributed by atoms with van der Waals surface area (Å²) in [6, 6.07) is 7.69. The second kappa shape index (κ2) is 14.1. The Labute approximate surface area is 311 Å². The fraction of sp³-hybridized carbons (Fsp3) is 0.588. The first-order chi connectivity index (χ1) is 23.6. The number of nitrogens with one attached hydrogen (secondary N) is 2. The lowest BCUT2D eigenvalue weighted by atomic mass is 9.84. The van der Waals surface area contributed by atoms with Crippen LogP contribution in [0.3, 0.4) is 0 Å². The number of carbonyl (C=O) groups excluding carboxylic acids is 4. The van der Waals surface area contributed by atoms with Crippen molar-refractivity contribution < 1.29 is 28.7 Å². The Bertz CT molecular complexity index is 1730. The molecule has 0 radical (unpaired) electrons. The molecule has 17 heteroatoms. The lowest BCUT2D eigenvalue weighted by Gasteiger charge is -2.38. The molecule has 0 bridgehead atoms. The monoisotopic (exact) mass is 762 g/mol. The van der Waals surface area contributed by atoms with Gasteiger partial charge in [-0.05, 0) is 79.2 Å². The summed E-state index contributed by atoms with van der Waals surface area (Å²) in [5, 5.41) is 7.27. The maximum absolute atomic E-state index is 13.0. The molecule has 2 N–H and O–H groups in total. The zero-order chi connectivity index (χ0) is 37.7. The molecular weight excluding hydrogens is 716 g/mol. The van der Waals surface area contributed by atoms with E-state index in [2.05, 4.69) is 20.4 Å². The van der Waals surface area contributed by atoms with Gasteiger partial charge < -0.3 is 19.3 Å². The minimum Gasteiger partial charge on any atom is -0.444 e. The summed E-state index contributed by atoms with van der Waals surface area (Å²) < 4.78 is 11.2. The number of nitrogens with zero attached hydrogens (tertiary/aromatic N) is 6. The quantitative estimate of drug-likeness (QED) is 0.459. The first kappa shape index (κ1) is 38.7. The number of amides is 4. The van der Waals surface area contributed by atoms with E-state index in [4.69, 9.17) is 31.1 Å². The van der Waals surface area contributed by atoms with Gasteiger partial charge in [-0.2, -0.15) is 0 Å². The van der Waals surface area contributed by atoms with E-state index in [9.17, 15) is 19.2 Å². The molecule has 0 spiro atoms. The van der Waals surface area contributed by atoms with Crippen molar-refractivity contribution in [3.8, 4) is 0 Å². The van der Waals surface area contributed by atoms with E-state index in [0.29, 0.717) is 30.5 Å². The van der Waals surface area contributed by atoms with Crippen molar-refractivity contribution in [3.63, 3.8) is 0 Å². The minimum absolute atomic E-state index is 0.0428. The van der Waals surface area contributed by atoms with Gasteiger partial charge in [0.1, 0.15) is 22.3 Å². The molecule has 6 heterocycles. The predicted molar refractivity (Wildman–Crippen MR) is 198 cm³/mol. The highest BCUT2D eigenvalue weighted by Crippen LogP contribution is 2.47. The fourth-order valence-corrected chi connectivity index (χ4v) is 8.93. The van der Waals surface area contributed by atoms with E-state index in [1.54, 1.807) is 67.0 Å². The molecule has 2 saturated heterocycles. The van der Waals surface area contributed by atoms with Crippen molar-refractivity contribution in [2.75, 3.05) is 54.4 Å². The van der Waals surface area contributed by atoms with Gasteiger partial charge in [0.05, 0.1) is 16.2 Å². The second-order valence-electron chi connectivity index (χ2n) is 15.3. The average molecular weight is 763 g/mol. The second-order valence-corrected chi connectivity index (χ2v) is 18.0. The van der Waals surface area contributed by atoms with E-state index in [1.807, 2.05) is 43.7 Å². The van der Waals surface area contributed by atoms with Gasteiger partial charge in [0.25, 0.3) is 0 Å². The van der Waals surface area contributed by atoms with E-state index >= 15 is 0 Å². The Morgan fingerprint density at radius 3 is 1.61 bits per heavy atom. The number of aliphatic imine (C=N–C) groups is 2. The normalized spacial score (nSPS) is 26.8. The first-order valence-corrected chi connectivity index (χ1v) is 18.6. The molecule has 6 rings (SSSR count). The molecule has 2 fully saturated rings. The van der Waals surface area contributed by atoms with Crippen LogP contribution in [0.2, 0.25) is 4.34 Å². The molecule has 51 heavy (non-hydrogen) atoms. The molecule has 0 unspecified atom stereocenters. The van der Waals surface area contributed by atoms with Crippen LogP contribution in [-0.4, -0.2) is 121 Å². The number of likely N-dealkylation sites (tertiary alicyclic amines) is 2. The summed E-state index contributed by atoms with van der Waals surface area (Å²) >= 11 is 9.13. The third kappa shape index (κ3) is 8.09. The number of alkyl carbamates (subject to hydrolysis) is 2. The Morgan fingerprint density at radius 1 is 0.784 bits per heavy atom. The number of ether oxygens (including phenoxy) is 2. The summed E-state index contributed by atoms with van der Waals surface area (Å²) in [6.45, 7) is 13.2. The summed E-state index contributed by atoms with van der Waals surface area (Å²) in [5.41, 5.74) is -2.67. The molecule has 0 aromatic carbocycles. The molecule has 0 saturated carbocycles. The average Bonchev–Trinajstić information content (AvgIpc) is 3.80. The van der Waals surface area contributed by atoms with Crippen LogP contribution in [-0.2, 0) is 30.1 Å². The van der Waals surface area contributed by atoms with E-state index in [1.165, 1.54) is 21.1 Å². The van der Waals surface area contributed by atoms with Gasteiger partial charge >= 0.3 is 12.2 Å². The van der Waals surface area contributed by atoms with Crippen LogP contribution in [0.5, 0.6) is 0 Å². The van der Waals surface area contributed by atoms with Gasteiger partial charge in [-0.1, -0.05) is 17.7 Å². The number of fused-ring (bicyclic) bond motifs is 2. The number of hydrogen-bond donors (Lipinski definition) is 2. The largest absolute Gasteiger partial charge is 0.444 e. The molecule has 4 amide bonds. The smallest absolute Gasteiger partial charge is 0.414 e. The fourth-order valence-electron chi connectivity index (χ4n) is 6.79. The number of hydrogen-bond acceptors (Lipinski definition) is 12. The van der Waals surface area contributed by atoms with Crippen molar-refractivity contribution in [2.24, 2.45) is 21.8 Å². The highest BCUT2D eigenvalue weighted by molar-refractivity contribution is 7.16. The third-order valence-electron chi connectivity index (χ3n) is 8.84. The predicted octanol–water partition coefficient (Wildman–Crippen LogP) is 4.37. The third-order valence-corrected chi connectivity index (χ3v) is 11.3. The summed E-state index contributed by atoms with van der Waals surface area (Å²) in [6.07, 6.45) is -1.25. The standard InChI is InChI=1S/C17H23ClN4O3S.C17H24N4O3S/c1-16(2,3)25-15(24)19-14-20-17(11-6-7-12(18)26-11)9-21(4)8-10(17)13(23)22(14)5;1-16(2,3)24-15(23)18-14-19-17(12-7-6-8-25-12)10-20(4)9-11(17)13(22)21(14)5/h6-7,10H,8-9H2,1-5H3,(H,19,20,24);6-8,11H,9-10H2,1-5H3,(H,18,19,23)/t10-,17-;11-,17-/m00/s1. The molecule has 4 aliphatic rings. The molecule has 14 nitrogen and oxygen atoms in total. The minimum atomic E-state index is -0.750. The topological polar surface area (TPSA) is 148 Å². The molecule has 4 atom stereocenters. The molecule has 0 aliphatic carbocycles. The van der Waals surface area contributed by atoms with E-state index in [-0.39, 0.29) is 35.6 Å². The van der Waals surface area contributed by atoms with E-state index in [0.717, 1.165) is 9.75 Å². The van der Waals surface area contributed by atoms with Crippen LogP contribution in [0.1, 0.15) is 51.3 Å². The van der Waals surface area contributed by atoms with E-state index < -0.39 is 34.5 Å². The summed E-state index contributed by atoms with van der Waals surface area (Å²) in [7, 11) is 7.19. The highest BCUT2D eigenvalue weighted by atomic mass is 35.5. The number of likely N-dealkylation sites (N-methyl/N-ethyl adjacent to an activating group) is 2. The SMILES string of the molecule is CN1C[C@H]2C(=O)N(C)C(NC(=O)OC(C)(C)C)=N[C@@]2(c2ccc(Cl)s2)C1.CN1C[C@H]2C(=O)N(C)C(NC(=O)OC(C)(C)C)=N[C@@]2(c2cccs2)C1.